The molecular weight excluding hydrogens is 358 g/mol. The number of thioether (sulfide) groups is 1. The molecule has 4 rings (SSSR count). The highest BCUT2D eigenvalue weighted by Gasteiger charge is 2.22. The van der Waals surface area contributed by atoms with E-state index in [1.807, 2.05) is 59.4 Å². The third-order valence-electron chi connectivity index (χ3n) is 4.67. The van der Waals surface area contributed by atoms with Gasteiger partial charge in [-0.3, -0.25) is 9.36 Å². The van der Waals surface area contributed by atoms with Crippen LogP contribution in [0.3, 0.4) is 0 Å². The van der Waals surface area contributed by atoms with Crippen LogP contribution in [-0.4, -0.2) is 34.9 Å². The second-order valence-electron chi connectivity index (χ2n) is 6.50. The molecule has 2 heterocycles. The van der Waals surface area contributed by atoms with Gasteiger partial charge in [-0.1, -0.05) is 48.2 Å². The first-order chi connectivity index (χ1) is 13.3. The maximum absolute atomic E-state index is 12.8. The number of hydrogen-bond donors (Lipinski definition) is 1. The number of rotatable bonds is 5. The van der Waals surface area contributed by atoms with Crippen LogP contribution in [0, 0.1) is 5.92 Å². The van der Waals surface area contributed by atoms with Crippen molar-refractivity contribution in [2.75, 3.05) is 19.4 Å². The summed E-state index contributed by atoms with van der Waals surface area (Å²) in [5.41, 5.74) is 2.67. The Kier molecular flexibility index (Phi) is 5.16. The van der Waals surface area contributed by atoms with Crippen LogP contribution in [0.5, 0.6) is 5.75 Å². The average molecular weight is 379 g/mol. The third-order valence-corrected chi connectivity index (χ3v) is 5.32. The van der Waals surface area contributed by atoms with Crippen LogP contribution in [0.25, 0.3) is 5.69 Å². The Labute approximate surface area is 162 Å². The quantitative estimate of drug-likeness (QED) is 0.689. The first kappa shape index (κ1) is 17.7. The number of amides is 1. The zero-order chi connectivity index (χ0) is 18.6. The minimum Gasteiger partial charge on any atom is -0.493 e. The molecule has 1 aliphatic heterocycles. The van der Waals surface area contributed by atoms with Gasteiger partial charge in [-0.05, 0) is 36.4 Å². The molecule has 0 radical (unpaired) electrons. The lowest BCUT2D eigenvalue weighted by Crippen LogP contribution is -2.35. The van der Waals surface area contributed by atoms with Gasteiger partial charge in [-0.15, -0.1) is 0 Å². The largest absolute Gasteiger partial charge is 0.493 e. The molecule has 2 aromatic carbocycles. The zero-order valence-electron chi connectivity index (χ0n) is 15.1. The Hall–Kier alpha value is -2.73. The van der Waals surface area contributed by atoms with Gasteiger partial charge in [0.05, 0.1) is 12.8 Å². The molecule has 0 saturated carbocycles. The number of imidazole rings is 1. The molecule has 1 aromatic heterocycles. The zero-order valence-corrected chi connectivity index (χ0v) is 15.9. The smallest absolute Gasteiger partial charge is 0.269 e. The molecule has 1 amide bonds. The van der Waals surface area contributed by atoms with E-state index in [1.54, 1.807) is 6.20 Å². The Morgan fingerprint density at radius 3 is 2.81 bits per heavy atom. The summed E-state index contributed by atoms with van der Waals surface area (Å²) in [7, 11) is 0. The van der Waals surface area contributed by atoms with Gasteiger partial charge in [0.25, 0.3) is 5.91 Å². The predicted octanol–water partition coefficient (Wildman–Crippen LogP) is 3.58. The van der Waals surface area contributed by atoms with Crippen LogP contribution >= 0.6 is 11.8 Å². The van der Waals surface area contributed by atoms with E-state index in [-0.39, 0.29) is 11.8 Å². The summed E-state index contributed by atoms with van der Waals surface area (Å²) >= 11 is 1.52. The molecule has 5 nitrogen and oxygen atoms in total. The number of benzene rings is 2. The van der Waals surface area contributed by atoms with E-state index < -0.39 is 0 Å². The average Bonchev–Trinajstić information content (AvgIpc) is 3.17. The highest BCUT2D eigenvalue weighted by atomic mass is 32.2. The first-order valence-electron chi connectivity index (χ1n) is 8.92. The molecule has 6 heteroatoms. The Bertz CT molecular complexity index is 940. The van der Waals surface area contributed by atoms with E-state index in [2.05, 4.69) is 16.4 Å². The second-order valence-corrected chi connectivity index (χ2v) is 7.27. The number of nitrogens with zero attached hydrogens (tertiary/aromatic N) is 2. The lowest BCUT2D eigenvalue weighted by atomic mass is 9.97. The summed E-state index contributed by atoms with van der Waals surface area (Å²) in [6.07, 6.45) is 4.51. The summed E-state index contributed by atoms with van der Waals surface area (Å²) < 4.78 is 7.71. The highest BCUT2D eigenvalue weighted by molar-refractivity contribution is 7.98. The number of ether oxygens (including phenoxy) is 1. The summed E-state index contributed by atoms with van der Waals surface area (Å²) in [4.78, 5) is 17.2. The number of para-hydroxylation sites is 2. The predicted molar refractivity (Wildman–Crippen MR) is 107 cm³/mol. The van der Waals surface area contributed by atoms with Gasteiger partial charge in [-0.25, -0.2) is 4.98 Å². The van der Waals surface area contributed by atoms with Crippen molar-refractivity contribution in [3.63, 3.8) is 0 Å². The van der Waals surface area contributed by atoms with Crippen LogP contribution in [-0.2, 0) is 6.42 Å². The molecule has 1 N–H and O–H groups in total. The van der Waals surface area contributed by atoms with Gasteiger partial charge >= 0.3 is 0 Å². The van der Waals surface area contributed by atoms with Crippen molar-refractivity contribution in [2.24, 2.45) is 5.92 Å². The fourth-order valence-electron chi connectivity index (χ4n) is 3.32. The maximum atomic E-state index is 12.8. The minimum absolute atomic E-state index is 0.120. The summed E-state index contributed by atoms with van der Waals surface area (Å²) in [5, 5.41) is 3.85. The van der Waals surface area contributed by atoms with Gasteiger partial charge in [0, 0.05) is 18.2 Å². The monoisotopic (exact) mass is 379 g/mol. The highest BCUT2D eigenvalue weighted by Crippen LogP contribution is 2.26. The number of aromatic nitrogens is 2. The topological polar surface area (TPSA) is 56.1 Å². The number of nitrogens with one attached hydrogen (secondary N) is 1. The lowest BCUT2D eigenvalue weighted by Gasteiger charge is -2.25. The molecule has 138 valence electrons. The van der Waals surface area contributed by atoms with Crippen molar-refractivity contribution in [3.05, 3.63) is 72.1 Å². The van der Waals surface area contributed by atoms with Crippen molar-refractivity contribution in [2.45, 2.75) is 11.6 Å². The Morgan fingerprint density at radius 1 is 1.22 bits per heavy atom. The molecule has 1 atom stereocenters. The molecule has 0 bridgehead atoms. The Morgan fingerprint density at radius 2 is 2.00 bits per heavy atom. The number of fused-ring (bicyclic) bond motifs is 1. The normalized spacial score (nSPS) is 15.7. The minimum atomic E-state index is -0.120. The standard InChI is InChI=1S/C21H21N3O2S/c1-27-21-23-13-18(24(21)17-8-3-2-4-9-17)20(25)22-12-15-11-16-7-5-6-10-19(16)26-14-15/h2-10,13,15H,11-12,14H2,1H3,(H,22,25)/t15-/m1/s1. The molecule has 0 saturated heterocycles. The molecule has 3 aromatic rings. The van der Waals surface area contributed by atoms with E-state index in [4.69, 9.17) is 4.74 Å². The number of carbonyl (C=O) groups is 1. The second kappa shape index (κ2) is 7.88. The van der Waals surface area contributed by atoms with Crippen LogP contribution in [0.15, 0.2) is 66.0 Å². The summed E-state index contributed by atoms with van der Waals surface area (Å²) in [6, 6.07) is 17.9. The number of hydrogen-bond acceptors (Lipinski definition) is 4. The summed E-state index contributed by atoms with van der Waals surface area (Å²) in [5.74, 6) is 1.09. The van der Waals surface area contributed by atoms with Crippen LogP contribution in [0.2, 0.25) is 0 Å². The molecule has 0 aliphatic carbocycles. The lowest BCUT2D eigenvalue weighted by molar-refractivity contribution is 0.0931. The fourth-order valence-corrected chi connectivity index (χ4v) is 3.86. The van der Waals surface area contributed by atoms with Crippen LogP contribution in [0.4, 0.5) is 0 Å². The fraction of sp³-hybridized carbons (Fsp3) is 0.238. The Balaban J connectivity index is 1.47. The van der Waals surface area contributed by atoms with Gasteiger partial charge in [0.15, 0.2) is 5.16 Å². The van der Waals surface area contributed by atoms with Crippen molar-refractivity contribution in [1.29, 1.82) is 0 Å². The molecular formula is C21H21N3O2S. The molecule has 1 aliphatic rings. The van der Waals surface area contributed by atoms with E-state index in [0.29, 0.717) is 18.8 Å². The summed E-state index contributed by atoms with van der Waals surface area (Å²) in [6.45, 7) is 1.19. The van der Waals surface area contributed by atoms with Crippen molar-refractivity contribution >= 4 is 17.7 Å². The SMILES string of the molecule is CSc1ncc(C(=O)NC[C@@H]2COc3ccccc3C2)n1-c1ccccc1. The van der Waals surface area contributed by atoms with Gasteiger partial charge in [0.1, 0.15) is 11.4 Å². The van der Waals surface area contributed by atoms with Gasteiger partial charge < -0.3 is 10.1 Å². The molecule has 0 spiro atoms. The first-order valence-corrected chi connectivity index (χ1v) is 10.1. The third kappa shape index (κ3) is 3.71. The number of carbonyl (C=O) groups excluding carboxylic acids is 1. The van der Waals surface area contributed by atoms with Crippen molar-refractivity contribution in [3.8, 4) is 11.4 Å². The van der Waals surface area contributed by atoms with E-state index >= 15 is 0 Å². The molecule has 0 unspecified atom stereocenters. The molecule has 27 heavy (non-hydrogen) atoms. The maximum Gasteiger partial charge on any atom is 0.269 e. The molecule has 0 fully saturated rings. The van der Waals surface area contributed by atoms with E-state index in [0.717, 1.165) is 23.0 Å². The van der Waals surface area contributed by atoms with Crippen molar-refractivity contribution in [1.82, 2.24) is 14.9 Å². The van der Waals surface area contributed by atoms with E-state index in [1.165, 1.54) is 17.3 Å². The van der Waals surface area contributed by atoms with Crippen LogP contribution in [0.1, 0.15) is 16.1 Å². The van der Waals surface area contributed by atoms with Gasteiger partial charge in [0.2, 0.25) is 0 Å². The van der Waals surface area contributed by atoms with Crippen LogP contribution < -0.4 is 10.1 Å². The van der Waals surface area contributed by atoms with E-state index in [9.17, 15) is 4.79 Å². The van der Waals surface area contributed by atoms with Gasteiger partial charge in [-0.2, -0.15) is 0 Å². The van der Waals surface area contributed by atoms with Crippen molar-refractivity contribution < 1.29 is 9.53 Å².